The van der Waals surface area contributed by atoms with Gasteiger partial charge in [0.15, 0.2) is 0 Å². The van der Waals surface area contributed by atoms with E-state index in [0.717, 1.165) is 14.9 Å². The minimum absolute atomic E-state index is 0.155. The van der Waals surface area contributed by atoms with Gasteiger partial charge in [-0.2, -0.15) is 0 Å². The summed E-state index contributed by atoms with van der Waals surface area (Å²) in [6.07, 6.45) is 0.209. The lowest BCUT2D eigenvalue weighted by molar-refractivity contribution is -0.137. The number of likely N-dealkylation sites (tertiary alicyclic amines) is 1. The van der Waals surface area contributed by atoms with E-state index in [-0.39, 0.29) is 18.2 Å². The molecule has 18 heavy (non-hydrogen) atoms. The number of likely N-dealkylation sites (N-methyl/N-ethyl adjacent to an activating group) is 1. The summed E-state index contributed by atoms with van der Waals surface area (Å²) in [6, 6.07) is 5.08. The molecule has 2 amide bonds. The molecule has 1 aromatic carbocycles. The van der Waals surface area contributed by atoms with Crippen molar-refractivity contribution in [3.63, 3.8) is 0 Å². The maximum absolute atomic E-state index is 11.7. The first-order valence-electron chi connectivity index (χ1n) is 5.46. The van der Waals surface area contributed by atoms with Crippen molar-refractivity contribution >= 4 is 39.3 Å². The van der Waals surface area contributed by atoms with E-state index in [4.69, 9.17) is 11.6 Å². The Labute approximate surface area is 118 Å². The van der Waals surface area contributed by atoms with Crippen LogP contribution in [0.2, 0.25) is 5.02 Å². The second kappa shape index (κ2) is 5.38. The Bertz CT molecular complexity index is 507. The normalized spacial score (nSPS) is 19.7. The van der Waals surface area contributed by atoms with Gasteiger partial charge in [0, 0.05) is 23.1 Å². The Morgan fingerprint density at radius 1 is 1.50 bits per heavy atom. The molecule has 1 N–H and O–H groups in total. The van der Waals surface area contributed by atoms with Crippen LogP contribution in [-0.2, 0) is 16.1 Å². The number of halogens is 2. The SMILES string of the molecule is CN1C(=O)CC(NCc2cc(Br)ccc2Cl)C1=O. The van der Waals surface area contributed by atoms with Crippen LogP contribution in [0.1, 0.15) is 12.0 Å². The van der Waals surface area contributed by atoms with Crippen molar-refractivity contribution in [2.24, 2.45) is 0 Å². The van der Waals surface area contributed by atoms with E-state index in [1.807, 2.05) is 12.1 Å². The van der Waals surface area contributed by atoms with E-state index < -0.39 is 6.04 Å². The number of carbonyl (C=O) groups is 2. The summed E-state index contributed by atoms with van der Waals surface area (Å²) in [5.74, 6) is -0.344. The van der Waals surface area contributed by atoms with Crippen molar-refractivity contribution in [3.05, 3.63) is 33.3 Å². The molecule has 0 saturated carbocycles. The smallest absolute Gasteiger partial charge is 0.246 e. The van der Waals surface area contributed by atoms with Crippen LogP contribution in [0, 0.1) is 0 Å². The molecular formula is C12H12BrClN2O2. The average Bonchev–Trinajstić information content (AvgIpc) is 2.58. The van der Waals surface area contributed by atoms with Crippen molar-refractivity contribution in [1.82, 2.24) is 10.2 Å². The van der Waals surface area contributed by atoms with Crippen molar-refractivity contribution in [1.29, 1.82) is 0 Å². The molecule has 96 valence electrons. The van der Waals surface area contributed by atoms with Gasteiger partial charge in [-0.15, -0.1) is 0 Å². The number of hydrogen-bond acceptors (Lipinski definition) is 3. The van der Waals surface area contributed by atoms with Gasteiger partial charge in [-0.05, 0) is 23.8 Å². The molecule has 0 bridgehead atoms. The number of nitrogens with one attached hydrogen (secondary N) is 1. The van der Waals surface area contributed by atoms with Crippen LogP contribution in [0.3, 0.4) is 0 Å². The molecule has 1 aliphatic rings. The van der Waals surface area contributed by atoms with Crippen LogP contribution < -0.4 is 5.32 Å². The molecule has 1 atom stereocenters. The van der Waals surface area contributed by atoms with E-state index in [2.05, 4.69) is 21.2 Å². The van der Waals surface area contributed by atoms with Gasteiger partial charge in [0.05, 0.1) is 12.5 Å². The molecule has 1 unspecified atom stereocenters. The number of nitrogens with zero attached hydrogens (tertiary/aromatic N) is 1. The number of imide groups is 1. The summed E-state index contributed by atoms with van der Waals surface area (Å²) < 4.78 is 0.926. The van der Waals surface area contributed by atoms with Gasteiger partial charge in [0.25, 0.3) is 0 Å². The zero-order chi connectivity index (χ0) is 13.3. The first-order chi connectivity index (χ1) is 8.49. The first-order valence-corrected chi connectivity index (χ1v) is 6.64. The predicted molar refractivity (Wildman–Crippen MR) is 72.2 cm³/mol. The molecular weight excluding hydrogens is 320 g/mol. The second-order valence-electron chi connectivity index (χ2n) is 4.16. The highest BCUT2D eigenvalue weighted by atomic mass is 79.9. The largest absolute Gasteiger partial charge is 0.301 e. The van der Waals surface area contributed by atoms with Crippen LogP contribution in [0.5, 0.6) is 0 Å². The number of hydrogen-bond donors (Lipinski definition) is 1. The van der Waals surface area contributed by atoms with Crippen LogP contribution in [-0.4, -0.2) is 29.8 Å². The Hall–Kier alpha value is -0.910. The number of rotatable bonds is 3. The fourth-order valence-corrected chi connectivity index (χ4v) is 2.42. The molecule has 1 aromatic rings. The lowest BCUT2D eigenvalue weighted by Gasteiger charge is -2.12. The first kappa shape index (κ1) is 13.5. The molecule has 1 fully saturated rings. The van der Waals surface area contributed by atoms with Gasteiger partial charge in [-0.1, -0.05) is 27.5 Å². The van der Waals surface area contributed by atoms with E-state index in [1.165, 1.54) is 7.05 Å². The average molecular weight is 332 g/mol. The Kier molecular flexibility index (Phi) is 4.04. The molecule has 0 spiro atoms. The van der Waals surface area contributed by atoms with Gasteiger partial charge in [0.2, 0.25) is 11.8 Å². The highest BCUT2D eigenvalue weighted by Gasteiger charge is 2.35. The number of amides is 2. The quantitative estimate of drug-likeness (QED) is 0.861. The molecule has 2 rings (SSSR count). The molecule has 1 saturated heterocycles. The molecule has 0 aliphatic carbocycles. The van der Waals surface area contributed by atoms with Crippen molar-refractivity contribution < 1.29 is 9.59 Å². The molecule has 4 nitrogen and oxygen atoms in total. The topological polar surface area (TPSA) is 49.4 Å². The zero-order valence-electron chi connectivity index (χ0n) is 9.74. The monoisotopic (exact) mass is 330 g/mol. The van der Waals surface area contributed by atoms with Crippen LogP contribution in [0.15, 0.2) is 22.7 Å². The van der Waals surface area contributed by atoms with E-state index in [9.17, 15) is 9.59 Å². The summed E-state index contributed by atoms with van der Waals surface area (Å²) >= 11 is 9.42. The van der Waals surface area contributed by atoms with E-state index in [1.54, 1.807) is 6.07 Å². The second-order valence-corrected chi connectivity index (χ2v) is 5.49. The van der Waals surface area contributed by atoms with Gasteiger partial charge < -0.3 is 5.32 Å². The zero-order valence-corrected chi connectivity index (χ0v) is 12.1. The van der Waals surface area contributed by atoms with E-state index >= 15 is 0 Å². The van der Waals surface area contributed by atoms with Crippen LogP contribution >= 0.6 is 27.5 Å². The fraction of sp³-hybridized carbons (Fsp3) is 0.333. The summed E-state index contributed by atoms with van der Waals surface area (Å²) in [5, 5.41) is 3.69. The van der Waals surface area contributed by atoms with Gasteiger partial charge >= 0.3 is 0 Å². The molecule has 1 aliphatic heterocycles. The van der Waals surface area contributed by atoms with E-state index in [0.29, 0.717) is 11.6 Å². The van der Waals surface area contributed by atoms with Crippen molar-refractivity contribution in [3.8, 4) is 0 Å². The Morgan fingerprint density at radius 2 is 2.22 bits per heavy atom. The number of benzene rings is 1. The van der Waals surface area contributed by atoms with Crippen LogP contribution in [0.4, 0.5) is 0 Å². The highest BCUT2D eigenvalue weighted by Crippen LogP contribution is 2.21. The Balaban J connectivity index is 2.02. The summed E-state index contributed by atoms with van der Waals surface area (Å²) in [6.45, 7) is 0.454. The minimum atomic E-state index is -0.447. The molecule has 1 heterocycles. The van der Waals surface area contributed by atoms with Crippen LogP contribution in [0.25, 0.3) is 0 Å². The van der Waals surface area contributed by atoms with Gasteiger partial charge in [0.1, 0.15) is 0 Å². The lowest BCUT2D eigenvalue weighted by Crippen LogP contribution is -2.36. The summed E-state index contributed by atoms with van der Waals surface area (Å²) in [7, 11) is 1.50. The molecule has 0 aromatic heterocycles. The standard InChI is InChI=1S/C12H12BrClN2O2/c1-16-11(17)5-10(12(16)18)15-6-7-4-8(13)2-3-9(7)14/h2-4,10,15H,5-6H2,1H3. The third-order valence-corrected chi connectivity index (χ3v) is 3.79. The third-order valence-electron chi connectivity index (χ3n) is 2.93. The predicted octanol–water partition coefficient (Wildman–Crippen LogP) is 1.95. The summed E-state index contributed by atoms with van der Waals surface area (Å²) in [4.78, 5) is 24.2. The summed E-state index contributed by atoms with van der Waals surface area (Å²) in [5.41, 5.74) is 0.890. The third kappa shape index (κ3) is 2.74. The maximum Gasteiger partial charge on any atom is 0.246 e. The fourth-order valence-electron chi connectivity index (χ4n) is 1.83. The van der Waals surface area contributed by atoms with Crippen molar-refractivity contribution in [2.75, 3.05) is 7.05 Å². The Morgan fingerprint density at radius 3 is 2.83 bits per heavy atom. The van der Waals surface area contributed by atoms with Gasteiger partial charge in [-0.3, -0.25) is 14.5 Å². The number of carbonyl (C=O) groups excluding carboxylic acids is 2. The molecule has 6 heteroatoms. The van der Waals surface area contributed by atoms with Gasteiger partial charge in [-0.25, -0.2) is 0 Å². The lowest BCUT2D eigenvalue weighted by atomic mass is 10.2. The molecule has 0 radical (unpaired) electrons. The highest BCUT2D eigenvalue weighted by molar-refractivity contribution is 9.10. The van der Waals surface area contributed by atoms with Crippen molar-refractivity contribution in [2.45, 2.75) is 19.0 Å². The minimum Gasteiger partial charge on any atom is -0.301 e. The maximum atomic E-state index is 11.7.